The Morgan fingerprint density at radius 2 is 1.97 bits per heavy atom. The highest BCUT2D eigenvalue weighted by Crippen LogP contribution is 2.30. The quantitative estimate of drug-likeness (QED) is 0.461. The molecule has 0 aliphatic carbocycles. The van der Waals surface area contributed by atoms with E-state index in [1.54, 1.807) is 11.3 Å². The van der Waals surface area contributed by atoms with Crippen molar-refractivity contribution in [3.63, 3.8) is 0 Å². The van der Waals surface area contributed by atoms with Gasteiger partial charge in [-0.25, -0.2) is 9.31 Å². The first-order chi connectivity index (χ1) is 14.5. The summed E-state index contributed by atoms with van der Waals surface area (Å²) in [7, 11) is 0. The minimum Gasteiger partial charge on any atom is -0.319 e. The predicted molar refractivity (Wildman–Crippen MR) is 120 cm³/mol. The van der Waals surface area contributed by atoms with E-state index >= 15 is 0 Å². The topological polar surface area (TPSA) is 62.5 Å². The van der Waals surface area contributed by atoms with Crippen LogP contribution in [0.25, 0.3) is 16.3 Å². The Kier molecular flexibility index (Phi) is 4.72. The number of benzene rings is 2. The third kappa shape index (κ3) is 3.44. The summed E-state index contributed by atoms with van der Waals surface area (Å²) in [6.07, 6.45) is 0.749. The number of hydrogen-bond acceptors (Lipinski definition) is 4. The van der Waals surface area contributed by atoms with Crippen molar-refractivity contribution in [2.24, 2.45) is 0 Å². The molecule has 0 unspecified atom stereocenters. The molecule has 1 N–H and O–H groups in total. The molecule has 0 saturated carbocycles. The first-order valence-corrected chi connectivity index (χ1v) is 10.9. The summed E-state index contributed by atoms with van der Waals surface area (Å²) in [6.45, 7) is 5.27. The highest BCUT2D eigenvalue weighted by Gasteiger charge is 2.26. The van der Waals surface area contributed by atoms with Crippen molar-refractivity contribution in [2.45, 2.75) is 26.8 Å². The highest BCUT2D eigenvalue weighted by molar-refractivity contribution is 7.17. The van der Waals surface area contributed by atoms with Gasteiger partial charge in [-0.2, -0.15) is 4.98 Å². The smallest absolute Gasteiger partial charge is 0.319 e. The lowest BCUT2D eigenvalue weighted by Crippen LogP contribution is -2.38. The Bertz CT molecular complexity index is 1260. The molecule has 6 nitrogen and oxygen atoms in total. The van der Waals surface area contributed by atoms with Crippen LogP contribution in [0.1, 0.15) is 21.7 Å². The van der Waals surface area contributed by atoms with Crippen molar-refractivity contribution in [3.8, 4) is 11.4 Å². The van der Waals surface area contributed by atoms with Crippen LogP contribution in [0, 0.1) is 13.8 Å². The number of carbonyl (C=O) groups is 1. The number of aryl methyl sites for hydroxylation is 2. The molecule has 5 rings (SSSR count). The number of anilines is 1. The molecule has 1 aliphatic rings. The summed E-state index contributed by atoms with van der Waals surface area (Å²) >= 11 is 7.57. The SMILES string of the molecule is Cc1ccc(NC(=O)N2CCc3c(sc4nc(-c5ccc(Cl)cc5)nn34)C2)c(C)c1. The number of nitrogens with one attached hydrogen (secondary N) is 1. The Hall–Kier alpha value is -2.90. The van der Waals surface area contributed by atoms with Crippen molar-refractivity contribution in [1.29, 1.82) is 0 Å². The van der Waals surface area contributed by atoms with Crippen LogP contribution >= 0.6 is 22.9 Å². The molecule has 0 saturated heterocycles. The van der Waals surface area contributed by atoms with Gasteiger partial charge < -0.3 is 10.2 Å². The van der Waals surface area contributed by atoms with Crippen molar-refractivity contribution in [1.82, 2.24) is 19.5 Å². The zero-order valence-electron chi connectivity index (χ0n) is 16.6. The van der Waals surface area contributed by atoms with Gasteiger partial charge in [0.1, 0.15) is 0 Å². The van der Waals surface area contributed by atoms with Gasteiger partial charge in [-0.05, 0) is 49.7 Å². The number of amides is 2. The average Bonchev–Trinajstić information content (AvgIpc) is 3.28. The molecule has 2 amide bonds. The summed E-state index contributed by atoms with van der Waals surface area (Å²) in [6, 6.07) is 13.5. The third-order valence-electron chi connectivity index (χ3n) is 5.34. The van der Waals surface area contributed by atoms with Crippen LogP contribution in [0.15, 0.2) is 42.5 Å². The second-order valence-corrected chi connectivity index (χ2v) is 9.03. The summed E-state index contributed by atoms with van der Waals surface area (Å²) in [5.41, 5.74) is 5.18. The van der Waals surface area contributed by atoms with Crippen LogP contribution in [0.2, 0.25) is 5.02 Å². The average molecular weight is 438 g/mol. The molecule has 0 spiro atoms. The maximum absolute atomic E-state index is 12.8. The number of fused-ring (bicyclic) bond motifs is 3. The minimum absolute atomic E-state index is 0.0755. The van der Waals surface area contributed by atoms with Gasteiger partial charge >= 0.3 is 6.03 Å². The van der Waals surface area contributed by atoms with Crippen LogP contribution in [0.5, 0.6) is 0 Å². The van der Waals surface area contributed by atoms with E-state index in [1.165, 1.54) is 5.56 Å². The fourth-order valence-electron chi connectivity index (χ4n) is 3.73. The standard InChI is InChI=1S/C22H20ClN5OS/c1-13-3-8-17(14(2)11-13)24-21(29)27-10-9-18-19(12-27)30-22-25-20(26-28(18)22)15-4-6-16(23)7-5-15/h3-8,11H,9-10,12H2,1-2H3,(H,24,29). The van der Waals surface area contributed by atoms with Crippen LogP contribution in [0.3, 0.4) is 0 Å². The molecule has 0 fully saturated rings. The lowest BCUT2D eigenvalue weighted by atomic mass is 10.1. The molecule has 30 heavy (non-hydrogen) atoms. The molecule has 3 heterocycles. The maximum Gasteiger partial charge on any atom is 0.322 e. The van der Waals surface area contributed by atoms with Gasteiger partial charge in [-0.1, -0.05) is 40.6 Å². The second kappa shape index (κ2) is 7.41. The maximum atomic E-state index is 12.8. The monoisotopic (exact) mass is 437 g/mol. The largest absolute Gasteiger partial charge is 0.322 e. The summed E-state index contributed by atoms with van der Waals surface area (Å²) in [4.78, 5) is 21.3. The van der Waals surface area contributed by atoms with Gasteiger partial charge in [-0.3, -0.25) is 0 Å². The number of carbonyl (C=O) groups excluding carboxylic acids is 1. The van der Waals surface area contributed by atoms with Crippen molar-refractivity contribution in [2.75, 3.05) is 11.9 Å². The summed E-state index contributed by atoms with van der Waals surface area (Å²) < 4.78 is 1.92. The van der Waals surface area contributed by atoms with E-state index in [9.17, 15) is 4.79 Å². The molecular weight excluding hydrogens is 418 g/mol. The number of hydrogen-bond donors (Lipinski definition) is 1. The number of nitrogens with zero attached hydrogens (tertiary/aromatic N) is 4. The van der Waals surface area contributed by atoms with E-state index in [1.807, 2.05) is 59.7 Å². The first-order valence-electron chi connectivity index (χ1n) is 9.74. The van der Waals surface area contributed by atoms with E-state index in [2.05, 4.69) is 16.4 Å². The van der Waals surface area contributed by atoms with E-state index in [0.29, 0.717) is 23.9 Å². The lowest BCUT2D eigenvalue weighted by molar-refractivity contribution is 0.206. The first kappa shape index (κ1) is 19.1. The van der Waals surface area contributed by atoms with E-state index < -0.39 is 0 Å². The van der Waals surface area contributed by atoms with Gasteiger partial charge in [0.15, 0.2) is 5.82 Å². The Balaban J connectivity index is 1.36. The van der Waals surface area contributed by atoms with Crippen molar-refractivity contribution < 1.29 is 4.79 Å². The molecule has 0 radical (unpaired) electrons. The molecular formula is C22H20ClN5OS. The molecule has 0 bridgehead atoms. The lowest BCUT2D eigenvalue weighted by Gasteiger charge is -2.27. The normalized spacial score (nSPS) is 13.5. The van der Waals surface area contributed by atoms with Gasteiger partial charge in [0.2, 0.25) is 4.96 Å². The zero-order valence-corrected chi connectivity index (χ0v) is 18.2. The fraction of sp³-hybridized carbons (Fsp3) is 0.227. The minimum atomic E-state index is -0.0755. The van der Waals surface area contributed by atoms with Gasteiger partial charge in [0.25, 0.3) is 0 Å². The molecule has 152 valence electrons. The Labute approximate surface area is 183 Å². The van der Waals surface area contributed by atoms with E-state index in [-0.39, 0.29) is 6.03 Å². The molecule has 8 heteroatoms. The fourth-order valence-corrected chi connectivity index (χ4v) is 4.97. The van der Waals surface area contributed by atoms with Crippen LogP contribution in [-0.4, -0.2) is 32.1 Å². The van der Waals surface area contributed by atoms with Crippen LogP contribution in [-0.2, 0) is 13.0 Å². The van der Waals surface area contributed by atoms with Crippen LogP contribution in [0.4, 0.5) is 10.5 Å². The summed E-state index contributed by atoms with van der Waals surface area (Å²) in [5.74, 6) is 0.690. The Morgan fingerprint density at radius 1 is 1.17 bits per heavy atom. The predicted octanol–water partition coefficient (Wildman–Crippen LogP) is 5.32. The molecule has 2 aromatic heterocycles. The van der Waals surface area contributed by atoms with Crippen molar-refractivity contribution in [3.05, 3.63) is 69.2 Å². The van der Waals surface area contributed by atoms with Gasteiger partial charge in [0.05, 0.1) is 12.2 Å². The second-order valence-electron chi connectivity index (χ2n) is 7.53. The number of halogens is 1. The zero-order chi connectivity index (χ0) is 20.8. The molecule has 2 aromatic carbocycles. The summed E-state index contributed by atoms with van der Waals surface area (Å²) in [5, 5.41) is 8.43. The molecule has 1 aliphatic heterocycles. The highest BCUT2D eigenvalue weighted by atomic mass is 35.5. The molecule has 4 aromatic rings. The number of aromatic nitrogens is 3. The Morgan fingerprint density at radius 3 is 2.73 bits per heavy atom. The van der Waals surface area contributed by atoms with Gasteiger partial charge in [0, 0.05) is 34.1 Å². The third-order valence-corrected chi connectivity index (χ3v) is 6.65. The number of urea groups is 1. The van der Waals surface area contributed by atoms with Crippen molar-refractivity contribution >= 4 is 39.6 Å². The molecule has 0 atom stereocenters. The number of rotatable bonds is 2. The van der Waals surface area contributed by atoms with E-state index in [0.717, 1.165) is 38.8 Å². The van der Waals surface area contributed by atoms with Crippen LogP contribution < -0.4 is 5.32 Å². The van der Waals surface area contributed by atoms with Gasteiger partial charge in [-0.15, -0.1) is 5.10 Å². The van der Waals surface area contributed by atoms with E-state index in [4.69, 9.17) is 16.7 Å². The number of thiazole rings is 1.